The SMILES string of the molecule is CCOC(=O)C1=C(c2ccc(NC)cc2)CCN(C(=O)OC)CC1.O=Cc1c(F)cccc1F. The second kappa shape index (κ2) is 13.1. The number of methoxy groups -OCH3 is 1. The molecule has 2 aromatic carbocycles. The first-order chi connectivity index (χ1) is 16.4. The number of rotatable bonds is 5. The van der Waals surface area contributed by atoms with Crippen LogP contribution >= 0.6 is 0 Å². The maximum atomic E-state index is 12.4. The zero-order valence-electron chi connectivity index (χ0n) is 19.4. The van der Waals surface area contributed by atoms with Gasteiger partial charge in [0.25, 0.3) is 0 Å². The minimum atomic E-state index is -0.824. The number of nitrogens with one attached hydrogen (secondary N) is 1. The van der Waals surface area contributed by atoms with Crippen LogP contribution in [0.5, 0.6) is 0 Å². The fourth-order valence-electron chi connectivity index (χ4n) is 3.44. The Labute approximate surface area is 197 Å². The zero-order valence-corrected chi connectivity index (χ0v) is 19.4. The van der Waals surface area contributed by atoms with Gasteiger partial charge in [0.15, 0.2) is 6.29 Å². The fraction of sp³-hybridized carbons (Fsp3) is 0.320. The van der Waals surface area contributed by atoms with Gasteiger partial charge in [0.1, 0.15) is 11.6 Å². The van der Waals surface area contributed by atoms with E-state index in [0.717, 1.165) is 29.0 Å². The van der Waals surface area contributed by atoms with E-state index in [1.165, 1.54) is 13.2 Å². The summed E-state index contributed by atoms with van der Waals surface area (Å²) in [6.07, 6.45) is 0.828. The molecule has 0 aromatic heterocycles. The van der Waals surface area contributed by atoms with Gasteiger partial charge >= 0.3 is 12.1 Å². The third-order valence-corrected chi connectivity index (χ3v) is 5.22. The molecule has 182 valence electrons. The van der Waals surface area contributed by atoms with Crippen molar-refractivity contribution in [1.82, 2.24) is 4.90 Å². The average molecular weight is 475 g/mol. The van der Waals surface area contributed by atoms with Crippen molar-refractivity contribution < 1.29 is 32.6 Å². The van der Waals surface area contributed by atoms with Gasteiger partial charge in [-0.05, 0) is 55.2 Å². The Kier molecular flexibility index (Phi) is 10.2. The van der Waals surface area contributed by atoms with Crippen molar-refractivity contribution in [3.63, 3.8) is 0 Å². The van der Waals surface area contributed by atoms with Gasteiger partial charge < -0.3 is 19.7 Å². The Morgan fingerprint density at radius 1 is 1.06 bits per heavy atom. The number of amides is 1. The topological polar surface area (TPSA) is 84.9 Å². The normalized spacial score (nSPS) is 13.3. The summed E-state index contributed by atoms with van der Waals surface area (Å²) in [5, 5.41) is 3.08. The summed E-state index contributed by atoms with van der Waals surface area (Å²) in [5.74, 6) is -1.96. The van der Waals surface area contributed by atoms with Gasteiger partial charge in [-0.3, -0.25) is 4.79 Å². The maximum absolute atomic E-state index is 12.4. The van der Waals surface area contributed by atoms with Crippen molar-refractivity contribution in [2.45, 2.75) is 19.8 Å². The Hall–Kier alpha value is -3.75. The molecule has 0 unspecified atom stereocenters. The van der Waals surface area contributed by atoms with Crippen molar-refractivity contribution in [2.24, 2.45) is 0 Å². The van der Waals surface area contributed by atoms with E-state index in [1.807, 2.05) is 31.3 Å². The average Bonchev–Trinajstić information content (AvgIpc) is 3.08. The Morgan fingerprint density at radius 2 is 1.68 bits per heavy atom. The summed E-state index contributed by atoms with van der Waals surface area (Å²) in [6.45, 7) is 3.07. The molecule has 0 bridgehead atoms. The monoisotopic (exact) mass is 474 g/mol. The Balaban J connectivity index is 0.000000340. The number of carbonyl (C=O) groups is 3. The molecule has 0 aliphatic carbocycles. The third kappa shape index (κ3) is 6.87. The van der Waals surface area contributed by atoms with Crippen LogP contribution in [0.1, 0.15) is 35.7 Å². The number of benzene rings is 2. The molecule has 1 amide bonds. The van der Waals surface area contributed by atoms with Crippen LogP contribution in [0.3, 0.4) is 0 Å². The molecule has 1 aliphatic heterocycles. The first-order valence-electron chi connectivity index (χ1n) is 10.8. The number of aldehydes is 1. The summed E-state index contributed by atoms with van der Waals surface area (Å²) < 4.78 is 34.8. The van der Waals surface area contributed by atoms with Gasteiger partial charge in [-0.1, -0.05) is 18.2 Å². The van der Waals surface area contributed by atoms with Gasteiger partial charge in [-0.15, -0.1) is 0 Å². The van der Waals surface area contributed by atoms with Crippen molar-refractivity contribution >= 4 is 29.6 Å². The second-order valence-electron chi connectivity index (χ2n) is 7.22. The third-order valence-electron chi connectivity index (χ3n) is 5.22. The first kappa shape index (κ1) is 26.5. The molecule has 7 nitrogen and oxygen atoms in total. The number of nitrogens with zero attached hydrogens (tertiary/aromatic N) is 1. The van der Waals surface area contributed by atoms with E-state index in [1.54, 1.807) is 11.8 Å². The summed E-state index contributed by atoms with van der Waals surface area (Å²) in [7, 11) is 3.22. The molecule has 1 heterocycles. The summed E-state index contributed by atoms with van der Waals surface area (Å²) >= 11 is 0. The molecule has 3 rings (SSSR count). The van der Waals surface area contributed by atoms with Crippen LogP contribution in [-0.2, 0) is 14.3 Å². The molecular weight excluding hydrogens is 446 g/mol. The molecule has 0 fully saturated rings. The highest BCUT2D eigenvalue weighted by atomic mass is 19.1. The highest BCUT2D eigenvalue weighted by Crippen LogP contribution is 2.29. The molecule has 0 spiro atoms. The predicted octanol–water partition coefficient (Wildman–Crippen LogP) is 4.68. The molecule has 0 radical (unpaired) electrons. The van der Waals surface area contributed by atoms with Gasteiger partial charge in [-0.25, -0.2) is 18.4 Å². The molecule has 0 saturated carbocycles. The van der Waals surface area contributed by atoms with E-state index in [4.69, 9.17) is 9.47 Å². The minimum Gasteiger partial charge on any atom is -0.463 e. The number of hydrogen-bond donors (Lipinski definition) is 1. The molecule has 1 N–H and O–H groups in total. The van der Waals surface area contributed by atoms with Crippen molar-refractivity contribution in [2.75, 3.05) is 39.2 Å². The summed E-state index contributed by atoms with van der Waals surface area (Å²) in [4.78, 5) is 35.8. The Bertz CT molecular complexity index is 1020. The summed E-state index contributed by atoms with van der Waals surface area (Å²) in [5.41, 5.74) is 3.04. The van der Waals surface area contributed by atoms with Crippen LogP contribution in [0.2, 0.25) is 0 Å². The zero-order chi connectivity index (χ0) is 25.1. The summed E-state index contributed by atoms with van der Waals surface area (Å²) in [6, 6.07) is 11.2. The molecule has 2 aromatic rings. The van der Waals surface area contributed by atoms with E-state index < -0.39 is 17.2 Å². The number of carbonyl (C=O) groups excluding carboxylic acids is 3. The standard InChI is InChI=1S/C18H24N2O4.C7H4F2O/c1-4-24-17(21)16-10-12-20(18(22)23-3)11-9-15(16)13-5-7-14(19-2)8-6-13;8-6-2-1-3-7(9)5(6)4-10/h5-8,19H,4,9-12H2,1-3H3;1-4H. The number of hydrogen-bond acceptors (Lipinski definition) is 6. The van der Waals surface area contributed by atoms with Crippen LogP contribution in [0.4, 0.5) is 19.3 Å². The van der Waals surface area contributed by atoms with Gasteiger partial charge in [0.2, 0.25) is 0 Å². The van der Waals surface area contributed by atoms with Gasteiger partial charge in [-0.2, -0.15) is 0 Å². The van der Waals surface area contributed by atoms with Crippen LogP contribution in [-0.4, -0.2) is 57.1 Å². The highest BCUT2D eigenvalue weighted by molar-refractivity contribution is 5.98. The predicted molar refractivity (Wildman–Crippen MR) is 124 cm³/mol. The number of anilines is 1. The lowest BCUT2D eigenvalue weighted by Gasteiger charge is -2.18. The quantitative estimate of drug-likeness (QED) is 0.500. The van der Waals surface area contributed by atoms with Crippen LogP contribution in [0.15, 0.2) is 48.0 Å². The lowest BCUT2D eigenvalue weighted by Crippen LogP contribution is -2.32. The first-order valence-corrected chi connectivity index (χ1v) is 10.8. The van der Waals surface area contributed by atoms with Crippen LogP contribution in [0, 0.1) is 11.6 Å². The number of ether oxygens (including phenoxy) is 2. The molecule has 9 heteroatoms. The molecular formula is C25H28F2N2O5. The molecule has 0 atom stereocenters. The molecule has 0 saturated heterocycles. The van der Waals surface area contributed by atoms with Crippen molar-refractivity contribution in [3.8, 4) is 0 Å². The van der Waals surface area contributed by atoms with E-state index >= 15 is 0 Å². The van der Waals surface area contributed by atoms with Gasteiger partial charge in [0, 0.05) is 31.4 Å². The second-order valence-corrected chi connectivity index (χ2v) is 7.22. The minimum absolute atomic E-state index is 0.157. The highest BCUT2D eigenvalue weighted by Gasteiger charge is 2.25. The maximum Gasteiger partial charge on any atom is 0.409 e. The van der Waals surface area contributed by atoms with E-state index in [-0.39, 0.29) is 18.3 Å². The van der Waals surface area contributed by atoms with E-state index in [2.05, 4.69) is 5.32 Å². The van der Waals surface area contributed by atoms with Gasteiger partial charge in [0.05, 0.1) is 19.3 Å². The van der Waals surface area contributed by atoms with Crippen molar-refractivity contribution in [1.29, 1.82) is 0 Å². The number of esters is 1. The smallest absolute Gasteiger partial charge is 0.409 e. The van der Waals surface area contributed by atoms with Crippen LogP contribution in [0.25, 0.3) is 5.57 Å². The lowest BCUT2D eigenvalue weighted by molar-refractivity contribution is -0.138. The van der Waals surface area contributed by atoms with E-state index in [0.29, 0.717) is 38.1 Å². The fourth-order valence-corrected chi connectivity index (χ4v) is 3.44. The lowest BCUT2D eigenvalue weighted by atomic mass is 9.96. The largest absolute Gasteiger partial charge is 0.463 e. The van der Waals surface area contributed by atoms with Crippen molar-refractivity contribution in [3.05, 3.63) is 70.8 Å². The Morgan fingerprint density at radius 3 is 2.18 bits per heavy atom. The van der Waals surface area contributed by atoms with E-state index in [9.17, 15) is 23.2 Å². The molecule has 34 heavy (non-hydrogen) atoms. The van der Waals surface area contributed by atoms with Crippen LogP contribution < -0.4 is 5.32 Å². The number of halogens is 2. The molecule has 1 aliphatic rings.